The molecule has 0 heterocycles. The molecule has 1 saturated carbocycles. The van der Waals surface area contributed by atoms with Crippen LogP contribution in [0.2, 0.25) is 8.26 Å². The van der Waals surface area contributed by atoms with Crippen molar-refractivity contribution in [3.8, 4) is 0 Å². The summed E-state index contributed by atoms with van der Waals surface area (Å²) in [4.78, 5) is 0. The van der Waals surface area contributed by atoms with Crippen LogP contribution in [0.15, 0.2) is 60.2 Å². The van der Waals surface area contributed by atoms with Gasteiger partial charge >= 0.3 is 169 Å². The average Bonchev–Trinajstić information content (AvgIpc) is 3.29. The van der Waals surface area contributed by atoms with E-state index in [9.17, 15) is 0 Å². The summed E-state index contributed by atoms with van der Waals surface area (Å²) in [5, 5.41) is 0. The van der Waals surface area contributed by atoms with Crippen LogP contribution in [-0.2, 0) is 20.3 Å². The molecular weight excluding hydrogens is 474 g/mol. The van der Waals surface area contributed by atoms with Crippen LogP contribution in [0.25, 0.3) is 12.2 Å². The normalized spacial score (nSPS) is 24.6. The number of rotatable bonds is 3. The Labute approximate surface area is 193 Å². The largest absolute Gasteiger partial charge is 0.147 e. The average molecular weight is 507 g/mol. The van der Waals surface area contributed by atoms with E-state index in [0.29, 0.717) is 0 Å². The topological polar surface area (TPSA) is 0 Å². The summed E-state index contributed by atoms with van der Waals surface area (Å²) < 4.78 is 5.28. The first-order valence-corrected chi connectivity index (χ1v) is 17.5. The van der Waals surface area contributed by atoms with Gasteiger partial charge in [-0.25, -0.2) is 0 Å². The second-order valence-corrected chi connectivity index (χ2v) is 20.8. The van der Waals surface area contributed by atoms with Crippen molar-refractivity contribution in [2.45, 2.75) is 54.5 Å². The first-order valence-electron chi connectivity index (χ1n) is 10.7. The number of benzene rings is 2. The van der Waals surface area contributed by atoms with Crippen molar-refractivity contribution in [3.63, 3.8) is 0 Å². The molecule has 0 aromatic heterocycles. The van der Waals surface area contributed by atoms with E-state index < -0.39 is 20.3 Å². The van der Waals surface area contributed by atoms with Crippen LogP contribution in [0, 0.1) is 0 Å². The minimum absolute atomic E-state index is 0. The molecule has 0 spiro atoms. The Balaban J connectivity index is 0.00000120. The number of hydrogen-bond acceptors (Lipinski definition) is 0. The van der Waals surface area contributed by atoms with Crippen LogP contribution in [0.3, 0.4) is 0 Å². The van der Waals surface area contributed by atoms with E-state index in [0.717, 1.165) is 10.9 Å². The molecule has 29 heavy (non-hydrogen) atoms. The summed E-state index contributed by atoms with van der Waals surface area (Å²) in [7, 11) is 0. The van der Waals surface area contributed by atoms with Gasteiger partial charge in [-0.2, -0.15) is 0 Å². The third-order valence-electron chi connectivity index (χ3n) is 7.72. The first-order chi connectivity index (χ1) is 13.2. The third kappa shape index (κ3) is 3.77. The van der Waals surface area contributed by atoms with E-state index in [4.69, 9.17) is 0 Å². The van der Waals surface area contributed by atoms with Gasteiger partial charge in [0.05, 0.1) is 0 Å². The van der Waals surface area contributed by atoms with E-state index >= 15 is 0 Å². The van der Waals surface area contributed by atoms with E-state index in [1.165, 1.54) is 43.2 Å². The van der Waals surface area contributed by atoms with Gasteiger partial charge in [-0.15, -0.1) is 24.8 Å². The van der Waals surface area contributed by atoms with Gasteiger partial charge in [0.25, 0.3) is 0 Å². The monoisotopic (exact) mass is 504 g/mol. The van der Waals surface area contributed by atoms with Gasteiger partial charge in [0.1, 0.15) is 0 Å². The van der Waals surface area contributed by atoms with Crippen LogP contribution < -0.4 is 0 Å². The summed E-state index contributed by atoms with van der Waals surface area (Å²) in [5.41, 5.74) is 7.91. The van der Waals surface area contributed by atoms with E-state index in [1.807, 2.05) is 0 Å². The van der Waals surface area contributed by atoms with Gasteiger partial charge in [0.15, 0.2) is 0 Å². The Bertz CT molecular complexity index is 926. The van der Waals surface area contributed by atoms with Gasteiger partial charge in [-0.3, -0.25) is 0 Å². The van der Waals surface area contributed by atoms with E-state index in [1.54, 1.807) is 16.7 Å². The molecule has 0 radical (unpaired) electrons. The maximum atomic E-state index is 2.83. The smallest absolute Gasteiger partial charge is 0.147 e. The zero-order valence-corrected chi connectivity index (χ0v) is 21.5. The Hall–Kier alpha value is -0.617. The molecule has 0 N–H and O–H groups in total. The number of allylic oxidation sites excluding steroid dienone is 2. The summed E-state index contributed by atoms with van der Waals surface area (Å²) in [6, 6.07) is 18.5. The fraction of sp³-hybridized carbons (Fsp3) is 0.385. The Morgan fingerprint density at radius 2 is 1.41 bits per heavy atom. The quantitative estimate of drug-likeness (QED) is 0.390. The second kappa shape index (κ2) is 9.25. The second-order valence-electron chi connectivity index (χ2n) is 9.12. The molecular formula is C26H32Cl2Zr. The molecule has 3 unspecified atom stereocenters. The van der Waals surface area contributed by atoms with Gasteiger partial charge in [0, 0.05) is 0 Å². The van der Waals surface area contributed by atoms with Gasteiger partial charge < -0.3 is 0 Å². The van der Waals surface area contributed by atoms with Crippen LogP contribution in [0.1, 0.15) is 68.5 Å². The fourth-order valence-corrected chi connectivity index (χ4v) is 22.3. The molecule has 3 heteroatoms. The van der Waals surface area contributed by atoms with E-state index in [-0.39, 0.29) is 24.8 Å². The third-order valence-corrected chi connectivity index (χ3v) is 22.9. The van der Waals surface area contributed by atoms with Crippen LogP contribution in [0.4, 0.5) is 0 Å². The van der Waals surface area contributed by atoms with Crippen molar-refractivity contribution < 1.29 is 20.3 Å². The molecule has 2 aromatic rings. The van der Waals surface area contributed by atoms with E-state index in [2.05, 4.69) is 78.3 Å². The van der Waals surface area contributed by atoms with Crippen molar-refractivity contribution in [2.24, 2.45) is 0 Å². The molecule has 0 amide bonds. The molecule has 3 atom stereocenters. The van der Waals surface area contributed by atoms with Crippen molar-refractivity contribution in [1.29, 1.82) is 0 Å². The predicted molar refractivity (Wildman–Crippen MR) is 128 cm³/mol. The Morgan fingerprint density at radius 3 is 2.14 bits per heavy atom. The minimum Gasteiger partial charge on any atom is -0.147 e. The zero-order valence-electron chi connectivity index (χ0n) is 17.4. The minimum atomic E-state index is -2.69. The number of fused-ring (bicyclic) bond motifs is 2. The summed E-state index contributed by atoms with van der Waals surface area (Å²) in [6.07, 6.45) is 14.9. The molecule has 3 aliphatic rings. The van der Waals surface area contributed by atoms with Crippen LogP contribution in [0.5, 0.6) is 0 Å². The van der Waals surface area contributed by atoms with Gasteiger partial charge in [0.2, 0.25) is 0 Å². The Kier molecular flexibility index (Phi) is 7.36. The van der Waals surface area contributed by atoms with Crippen molar-refractivity contribution in [2.75, 3.05) is 0 Å². The van der Waals surface area contributed by atoms with Crippen molar-refractivity contribution in [3.05, 3.63) is 82.4 Å². The molecule has 154 valence electrons. The van der Waals surface area contributed by atoms with Crippen molar-refractivity contribution in [1.82, 2.24) is 0 Å². The zero-order chi connectivity index (χ0) is 18.4. The molecule has 0 bridgehead atoms. The molecule has 0 aliphatic heterocycles. The predicted octanol–water partition coefficient (Wildman–Crippen LogP) is 8.71. The summed E-state index contributed by atoms with van der Waals surface area (Å²) in [5.74, 6) is 0. The maximum Gasteiger partial charge on any atom is -0.147 e. The SMILES string of the molecule is CC1=Cc2ccccc2[CH]1[Zr]([CH3])([CH]1CCCCC1)[CH]1C=Cc2ccccc21.Cl.Cl. The Morgan fingerprint density at radius 1 is 0.793 bits per heavy atom. The van der Waals surface area contributed by atoms with Gasteiger partial charge in [-0.1, -0.05) is 0 Å². The molecule has 0 saturated heterocycles. The van der Waals surface area contributed by atoms with Gasteiger partial charge in [-0.05, 0) is 0 Å². The molecule has 3 aliphatic carbocycles. The summed E-state index contributed by atoms with van der Waals surface area (Å²) >= 11 is -2.69. The molecule has 5 rings (SSSR count). The molecule has 0 nitrogen and oxygen atoms in total. The summed E-state index contributed by atoms with van der Waals surface area (Å²) in [6.45, 7) is 2.42. The maximum absolute atomic E-state index is 2.83. The van der Waals surface area contributed by atoms with Crippen LogP contribution in [-0.4, -0.2) is 0 Å². The standard InChI is InChI=1S/C10H9.C9H7.C6H11.CH3.2ClH.Zr/c1-8-6-9-4-2-3-5-10(9)7-8;1-2-5-9-7-3-6-8(9)4-1;1-2-4-6-5-3-1;;;;/h2-7H,1H3;1-7H;1H,2-6H2;1H3;2*1H;. The molecule has 1 fully saturated rings. The number of hydrogen-bond donors (Lipinski definition) is 0. The van der Waals surface area contributed by atoms with Crippen LogP contribution >= 0.6 is 24.8 Å². The first kappa shape index (κ1) is 23.1. The molecule has 2 aromatic carbocycles. The number of halogens is 2. The fourth-order valence-electron chi connectivity index (χ4n) is 6.49. The van der Waals surface area contributed by atoms with Crippen molar-refractivity contribution >= 4 is 37.0 Å².